The van der Waals surface area contributed by atoms with Crippen LogP contribution in [0.4, 0.5) is 0 Å². The lowest BCUT2D eigenvalue weighted by molar-refractivity contribution is -0.142. The number of hydrogen-bond acceptors (Lipinski definition) is 27. The molecule has 16 N–H and O–H groups in total. The number of rotatable bonds is 101. The molecule has 6 atom stereocenters. The summed E-state index contributed by atoms with van der Waals surface area (Å²) in [5, 5.41) is 52.9. The van der Waals surface area contributed by atoms with Gasteiger partial charge in [0, 0.05) is 120 Å². The summed E-state index contributed by atoms with van der Waals surface area (Å²) in [4.78, 5) is 196. The second-order valence-electron chi connectivity index (χ2n) is 35.6. The van der Waals surface area contributed by atoms with E-state index >= 15 is 0 Å². The Morgan fingerprint density at radius 2 is 0.612 bits per heavy atom. The van der Waals surface area contributed by atoms with Crippen molar-refractivity contribution < 1.29 is 139 Å². The van der Waals surface area contributed by atoms with Gasteiger partial charge in [0.2, 0.25) is 35.4 Å². The van der Waals surface area contributed by atoms with E-state index in [9.17, 15) is 86.9 Å². The second kappa shape index (κ2) is 86.8. The Hall–Kier alpha value is -7.72. The fourth-order valence-electron chi connectivity index (χ4n) is 14.5. The Morgan fingerprint density at radius 1 is 0.291 bits per heavy atom. The third-order valence-electron chi connectivity index (χ3n) is 22.8. The molecule has 0 aliphatic heterocycles. The first-order valence-corrected chi connectivity index (χ1v) is 49.9. The zero-order valence-electron chi connectivity index (χ0n) is 81.5. The maximum absolute atomic E-state index is 13.8. The number of amides is 6. The van der Waals surface area contributed by atoms with Crippen LogP contribution in [0.15, 0.2) is 0 Å². The van der Waals surface area contributed by atoms with Crippen molar-refractivity contribution in [2.45, 2.75) is 378 Å². The van der Waals surface area contributed by atoms with Crippen molar-refractivity contribution in [2.24, 2.45) is 29.0 Å². The van der Waals surface area contributed by atoms with Gasteiger partial charge in [0.25, 0.3) is 0 Å². The van der Waals surface area contributed by atoms with Gasteiger partial charge in [-0.1, -0.05) is 161 Å². The molecule has 6 amide bonds. The maximum Gasteiger partial charge on any atom is 0.326 e. The van der Waals surface area contributed by atoms with Gasteiger partial charge in [0.1, 0.15) is 55.9 Å². The summed E-state index contributed by atoms with van der Waals surface area (Å²) >= 11 is 0. The third-order valence-corrected chi connectivity index (χ3v) is 22.8. The van der Waals surface area contributed by atoms with Crippen molar-refractivity contribution in [1.29, 1.82) is 0 Å². The van der Waals surface area contributed by atoms with Gasteiger partial charge in [-0.15, -0.1) is 0 Å². The molecule has 0 aliphatic carbocycles. The number of nitrogens with one attached hydrogen (secondary N) is 6. The highest BCUT2D eigenvalue weighted by Crippen LogP contribution is 2.25. The number of carbonyl (C=O) groups excluding carboxylic acids is 12. The molecule has 0 bridgehead atoms. The van der Waals surface area contributed by atoms with Gasteiger partial charge in [-0.25, -0.2) is 9.59 Å². The highest BCUT2D eigenvalue weighted by atomic mass is 16.5. The molecule has 0 unspecified atom stereocenters. The van der Waals surface area contributed by atoms with Crippen LogP contribution in [0.5, 0.6) is 0 Å². The molecule has 0 saturated carbocycles. The smallest absolute Gasteiger partial charge is 0.326 e. The molecule has 0 aliphatic rings. The molecule has 0 heterocycles. The topological polar surface area (TPSA) is 578 Å². The lowest BCUT2D eigenvalue weighted by atomic mass is 9.82. The summed E-state index contributed by atoms with van der Waals surface area (Å²) < 4.78 is 43.7. The van der Waals surface area contributed by atoms with Gasteiger partial charge in [-0.05, 0) is 124 Å². The van der Waals surface area contributed by atoms with Crippen molar-refractivity contribution in [3.05, 3.63) is 0 Å². The van der Waals surface area contributed by atoms with Gasteiger partial charge in [0.15, 0.2) is 17.3 Å². The maximum atomic E-state index is 13.8. The molecule has 0 aromatic rings. The summed E-state index contributed by atoms with van der Waals surface area (Å²) in [5.41, 5.74) is 17.3. The highest BCUT2D eigenvalue weighted by molar-refractivity contribution is 5.94. The van der Waals surface area contributed by atoms with Crippen LogP contribution in [0.25, 0.3) is 0 Å². The number of Topliss-reactive ketones (excluding diaryl/α,β-unsaturated/α-hetero) is 6. The van der Waals surface area contributed by atoms with Crippen LogP contribution in [-0.4, -0.2) is 276 Å². The summed E-state index contributed by atoms with van der Waals surface area (Å²) in [6.45, 7) is 8.19. The molecule has 0 aromatic heterocycles. The molecule has 37 heteroatoms. The lowest BCUT2D eigenvalue weighted by Gasteiger charge is -2.23. The SMILES string of the molecule is CC(=O)[C@H](CCCCNC(=O)[C@@H](N)CCCCCC(=O)COCCOCCNC(=O)COCCOCCCC(=O)CC[C@H](NC(=O)CCCCCCCCCCCCC(=O)O)C(=O)O)CC(=O)[C@H](CCCCNC(=O)[C@@H](N)CCCCCC(=O)COCCOCCNC(=O)COCCOCCCCCC[C@H](NC(=O)CCCCCCCCCCCCC(=O)O)C(=O)O)CC(=O)C(C)(C)N.[HH].[HH].[HH]. The Morgan fingerprint density at radius 3 is 1.01 bits per heavy atom. The van der Waals surface area contributed by atoms with Gasteiger partial charge < -0.3 is 107 Å². The van der Waals surface area contributed by atoms with E-state index in [4.69, 9.17) is 65.3 Å². The lowest BCUT2D eigenvalue weighted by Crippen LogP contribution is -2.43. The minimum atomic E-state index is -1.19. The Labute approximate surface area is 800 Å². The molecule has 0 fully saturated rings. The minimum absolute atomic E-state index is 0. The van der Waals surface area contributed by atoms with Crippen LogP contribution in [0.3, 0.4) is 0 Å². The molecular formula is C97H179N9O28. The van der Waals surface area contributed by atoms with E-state index in [2.05, 4.69) is 31.9 Å². The largest absolute Gasteiger partial charge is 0.481 e. The van der Waals surface area contributed by atoms with Crippen molar-refractivity contribution in [3.8, 4) is 0 Å². The number of ether oxygens (including phenoxy) is 8. The molecule has 0 rings (SSSR count). The van der Waals surface area contributed by atoms with Gasteiger partial charge in [-0.3, -0.25) is 67.1 Å². The molecule has 0 aromatic carbocycles. The van der Waals surface area contributed by atoms with Gasteiger partial charge in [0.05, 0.1) is 83.7 Å². The van der Waals surface area contributed by atoms with Gasteiger partial charge in [-0.2, -0.15) is 0 Å². The molecule has 0 saturated heterocycles. The zero-order chi connectivity index (χ0) is 99.3. The predicted molar refractivity (Wildman–Crippen MR) is 512 cm³/mol. The number of nitrogens with two attached hydrogens (primary N) is 3. The molecule has 780 valence electrons. The average molecular weight is 1920 g/mol. The first-order chi connectivity index (χ1) is 64.3. The number of carbonyl (C=O) groups is 16. The van der Waals surface area contributed by atoms with Gasteiger partial charge >= 0.3 is 23.9 Å². The third kappa shape index (κ3) is 81.5. The standard InChI is InChI=1S/C97H173N9O28.3H2/c1-75(107)76(39-33-35-53-103-93(121)81(98)44-26-22-24-41-79(109)71-132-66-64-130-60-56-102-90(116)74-134-68-62-128-58-38-43-78(108)51-52-84(96(125)126)106-88(114)48-30-17-13-9-5-7-11-15-19-32-50-92(119)120)69-85(111)77(70-86(112)97(2,3)100)40-34-36-54-104-94(122)82(99)45-27-23-25-42-80(110)72-131-65-63-129-59-55-101-89(115)73-133-67-61-127-57-37-21-20-28-46-83(95(123)124)105-87(113)47-29-16-12-8-4-6-10-14-18-31-49-91(117)118;;;/h76-77,81-84H,4-74,98-100H2,1-3H3,(H,101,115)(H,102,116)(H,103,121)(H,104,122)(H,105,113)(H,106,114)(H,117,118)(H,119,120)(H,123,124)(H,125,126);3*1H/t76-,77-,81+,82+,83+,84+;;;/m1.../s1. The summed E-state index contributed by atoms with van der Waals surface area (Å²) in [6.07, 6.45) is 32.4. The van der Waals surface area contributed by atoms with E-state index in [1.54, 1.807) is 13.8 Å². The van der Waals surface area contributed by atoms with E-state index in [1.807, 2.05) is 0 Å². The molecule has 0 spiro atoms. The molecule has 37 nitrogen and oxygen atoms in total. The number of carboxylic acid groups (broad SMARTS) is 4. The quantitative estimate of drug-likeness (QED) is 0.0252. The number of unbranched alkanes of at least 4 members (excludes halogenated alkanes) is 27. The fraction of sp³-hybridized carbons (Fsp3) is 0.835. The number of ketones is 6. The minimum Gasteiger partial charge on any atom is -0.481 e. The summed E-state index contributed by atoms with van der Waals surface area (Å²) in [6, 6.07) is -3.55. The first-order valence-electron chi connectivity index (χ1n) is 49.9. The first kappa shape index (κ1) is 126. The van der Waals surface area contributed by atoms with E-state index in [1.165, 1.54) is 6.92 Å². The molecular weight excluding hydrogens is 1740 g/mol. The van der Waals surface area contributed by atoms with Crippen molar-refractivity contribution in [1.82, 2.24) is 31.9 Å². The second-order valence-corrected chi connectivity index (χ2v) is 35.6. The van der Waals surface area contributed by atoms with Crippen molar-refractivity contribution in [3.63, 3.8) is 0 Å². The number of hydrogen-bond donors (Lipinski definition) is 13. The summed E-state index contributed by atoms with van der Waals surface area (Å²) in [5.74, 6) is -7.79. The van der Waals surface area contributed by atoms with Crippen LogP contribution in [0.2, 0.25) is 0 Å². The predicted octanol–water partition coefficient (Wildman–Crippen LogP) is 10.6. The Bertz CT molecular complexity index is 3240. The zero-order valence-corrected chi connectivity index (χ0v) is 81.5. The number of aliphatic carboxylic acids is 4. The number of carboxylic acids is 4. The summed E-state index contributed by atoms with van der Waals surface area (Å²) in [7, 11) is 0. The van der Waals surface area contributed by atoms with Crippen LogP contribution in [0, 0.1) is 11.8 Å². The van der Waals surface area contributed by atoms with E-state index in [-0.39, 0.29) is 231 Å². The Balaban J connectivity index is -0.0000295. The average Bonchev–Trinajstić information content (AvgIpc) is 0.865. The van der Waals surface area contributed by atoms with E-state index in [0.29, 0.717) is 168 Å². The monoisotopic (exact) mass is 1920 g/mol. The molecule has 134 heavy (non-hydrogen) atoms. The van der Waals surface area contributed by atoms with Crippen molar-refractivity contribution in [2.75, 3.05) is 132 Å². The van der Waals surface area contributed by atoms with Crippen LogP contribution in [-0.2, 0) is 115 Å². The van der Waals surface area contributed by atoms with Crippen LogP contribution in [0.1, 0.15) is 353 Å². The van der Waals surface area contributed by atoms with E-state index < -0.39 is 65.4 Å². The Kier molecular flexibility index (Phi) is 81.8. The van der Waals surface area contributed by atoms with Crippen LogP contribution >= 0.6 is 0 Å². The fourth-order valence-corrected chi connectivity index (χ4v) is 14.5. The van der Waals surface area contributed by atoms with Crippen molar-refractivity contribution >= 4 is 94.0 Å². The molecule has 0 radical (unpaired) electrons. The van der Waals surface area contributed by atoms with Crippen LogP contribution < -0.4 is 49.1 Å². The van der Waals surface area contributed by atoms with E-state index in [0.717, 1.165) is 135 Å². The highest BCUT2D eigenvalue weighted by Gasteiger charge is 2.31. The normalized spacial score (nSPS) is 12.8.